The van der Waals surface area contributed by atoms with E-state index < -0.39 is 0 Å². The number of methoxy groups -OCH3 is 1. The van der Waals surface area contributed by atoms with Crippen molar-refractivity contribution in [2.24, 2.45) is 0 Å². The fourth-order valence-corrected chi connectivity index (χ4v) is 3.74. The summed E-state index contributed by atoms with van der Waals surface area (Å²) in [5.41, 5.74) is 2.67. The van der Waals surface area contributed by atoms with E-state index in [2.05, 4.69) is 39.4 Å². The molecule has 0 bridgehead atoms. The molecule has 2 aromatic carbocycles. The summed E-state index contributed by atoms with van der Waals surface area (Å²) in [5, 5.41) is 2.99. The van der Waals surface area contributed by atoms with Crippen LogP contribution in [0.25, 0.3) is 0 Å². The summed E-state index contributed by atoms with van der Waals surface area (Å²) in [7, 11) is 1.57. The van der Waals surface area contributed by atoms with Crippen molar-refractivity contribution < 1.29 is 14.3 Å². The molecule has 1 N–H and O–H groups in total. The van der Waals surface area contributed by atoms with Gasteiger partial charge in [-0.25, -0.2) is 0 Å². The molecule has 0 spiro atoms. The van der Waals surface area contributed by atoms with Crippen LogP contribution in [0.5, 0.6) is 5.75 Å². The highest BCUT2D eigenvalue weighted by molar-refractivity contribution is 5.94. The van der Waals surface area contributed by atoms with Gasteiger partial charge in [-0.1, -0.05) is 30.3 Å². The lowest BCUT2D eigenvalue weighted by molar-refractivity contribution is -0.120. The molecule has 6 heteroatoms. The molecule has 0 aliphatic carbocycles. The molecule has 1 fully saturated rings. The van der Waals surface area contributed by atoms with Crippen LogP contribution in [-0.4, -0.2) is 67.9 Å². The number of amides is 1. The Morgan fingerprint density at radius 3 is 2.37 bits per heavy atom. The minimum Gasteiger partial charge on any atom is -0.496 e. The zero-order valence-electron chi connectivity index (χ0n) is 17.9. The second-order valence-corrected chi connectivity index (χ2v) is 7.71. The van der Waals surface area contributed by atoms with Crippen LogP contribution < -0.4 is 10.1 Å². The molecule has 1 saturated heterocycles. The van der Waals surface area contributed by atoms with Crippen molar-refractivity contribution in [3.05, 3.63) is 65.2 Å². The first-order chi connectivity index (χ1) is 14.5. The number of ether oxygens (including phenoxy) is 1. The molecule has 0 aromatic heterocycles. The van der Waals surface area contributed by atoms with Gasteiger partial charge in [-0.3, -0.25) is 19.4 Å². The maximum Gasteiger partial charge on any atom is 0.224 e. The van der Waals surface area contributed by atoms with Gasteiger partial charge in [0.1, 0.15) is 5.75 Å². The lowest BCUT2D eigenvalue weighted by Crippen LogP contribution is -2.48. The van der Waals surface area contributed by atoms with E-state index >= 15 is 0 Å². The zero-order valence-corrected chi connectivity index (χ0v) is 17.9. The third-order valence-corrected chi connectivity index (χ3v) is 5.50. The predicted molar refractivity (Wildman–Crippen MR) is 118 cm³/mol. The first kappa shape index (κ1) is 22.0. The first-order valence-corrected chi connectivity index (χ1v) is 10.5. The van der Waals surface area contributed by atoms with Gasteiger partial charge in [-0.2, -0.15) is 0 Å². The molecular weight excluding hydrogens is 378 g/mol. The van der Waals surface area contributed by atoms with E-state index in [4.69, 9.17) is 4.74 Å². The summed E-state index contributed by atoms with van der Waals surface area (Å²) >= 11 is 0. The third-order valence-electron chi connectivity index (χ3n) is 5.50. The van der Waals surface area contributed by atoms with Gasteiger partial charge in [-0.05, 0) is 30.7 Å². The predicted octanol–water partition coefficient (Wildman–Crippen LogP) is 2.37. The summed E-state index contributed by atoms with van der Waals surface area (Å²) in [5.74, 6) is 0.548. The molecule has 2 aromatic rings. The van der Waals surface area contributed by atoms with E-state index in [1.807, 2.05) is 6.07 Å². The minimum absolute atomic E-state index is 0.0225. The van der Waals surface area contributed by atoms with Crippen molar-refractivity contribution in [2.75, 3.05) is 46.4 Å². The zero-order chi connectivity index (χ0) is 21.3. The lowest BCUT2D eigenvalue weighted by Gasteiger charge is -2.34. The van der Waals surface area contributed by atoms with E-state index in [1.54, 1.807) is 25.3 Å². The SMILES string of the molecule is COc1ccc(C(C)=O)cc1CC(=O)NCCN1CCN(Cc2ccccc2)CC1. The molecule has 1 amide bonds. The Morgan fingerprint density at radius 1 is 1.00 bits per heavy atom. The number of nitrogens with zero attached hydrogens (tertiary/aromatic N) is 2. The number of benzene rings is 2. The highest BCUT2D eigenvalue weighted by Crippen LogP contribution is 2.20. The number of hydrogen-bond acceptors (Lipinski definition) is 5. The van der Waals surface area contributed by atoms with Crippen LogP contribution in [0.2, 0.25) is 0 Å². The molecule has 3 rings (SSSR count). The van der Waals surface area contributed by atoms with E-state index in [-0.39, 0.29) is 18.1 Å². The molecular formula is C24H31N3O3. The van der Waals surface area contributed by atoms with Crippen LogP contribution in [0, 0.1) is 0 Å². The standard InChI is InChI=1S/C24H31N3O3/c1-19(28)21-8-9-23(30-2)22(16-21)17-24(29)25-10-11-26-12-14-27(15-13-26)18-20-6-4-3-5-7-20/h3-9,16H,10-15,17-18H2,1-2H3,(H,25,29). The average Bonchev–Trinajstić information content (AvgIpc) is 2.75. The Bertz CT molecular complexity index is 846. The number of nitrogens with one attached hydrogen (secondary N) is 1. The van der Waals surface area contributed by atoms with Gasteiger partial charge < -0.3 is 10.1 Å². The van der Waals surface area contributed by atoms with Gasteiger partial charge in [0.15, 0.2) is 5.78 Å². The minimum atomic E-state index is -0.0586. The fraction of sp³-hybridized carbons (Fsp3) is 0.417. The number of rotatable bonds is 9. The van der Waals surface area contributed by atoms with E-state index in [9.17, 15) is 9.59 Å². The van der Waals surface area contributed by atoms with E-state index in [0.29, 0.717) is 17.9 Å². The summed E-state index contributed by atoms with van der Waals surface area (Å²) in [6.45, 7) is 8.07. The second kappa shape index (κ2) is 10.9. The molecule has 0 atom stereocenters. The largest absolute Gasteiger partial charge is 0.496 e. The van der Waals surface area contributed by atoms with Gasteiger partial charge in [-0.15, -0.1) is 0 Å². The van der Waals surface area contributed by atoms with Crippen molar-refractivity contribution >= 4 is 11.7 Å². The summed E-state index contributed by atoms with van der Waals surface area (Å²) in [4.78, 5) is 28.8. The number of piperazine rings is 1. The normalized spacial score (nSPS) is 15.0. The number of Topliss-reactive ketones (excluding diaryl/α,β-unsaturated/α-hetero) is 1. The van der Waals surface area contributed by atoms with Crippen LogP contribution in [-0.2, 0) is 17.8 Å². The Balaban J connectivity index is 1.39. The van der Waals surface area contributed by atoms with Crippen LogP contribution in [0.1, 0.15) is 28.4 Å². The van der Waals surface area contributed by atoms with Crippen molar-refractivity contribution in [2.45, 2.75) is 19.9 Å². The van der Waals surface area contributed by atoms with Gasteiger partial charge in [0, 0.05) is 56.9 Å². The average molecular weight is 410 g/mol. The molecule has 6 nitrogen and oxygen atoms in total. The second-order valence-electron chi connectivity index (χ2n) is 7.71. The highest BCUT2D eigenvalue weighted by Gasteiger charge is 2.17. The fourth-order valence-electron chi connectivity index (χ4n) is 3.74. The lowest BCUT2D eigenvalue weighted by atomic mass is 10.0. The van der Waals surface area contributed by atoms with Gasteiger partial charge in [0.05, 0.1) is 13.5 Å². The molecule has 0 saturated carbocycles. The van der Waals surface area contributed by atoms with Crippen molar-refractivity contribution in [1.29, 1.82) is 0 Å². The van der Waals surface area contributed by atoms with Crippen molar-refractivity contribution in [3.8, 4) is 5.75 Å². The van der Waals surface area contributed by atoms with E-state index in [0.717, 1.165) is 44.8 Å². The van der Waals surface area contributed by atoms with Crippen LogP contribution in [0.3, 0.4) is 0 Å². The Morgan fingerprint density at radius 2 is 1.70 bits per heavy atom. The third kappa shape index (κ3) is 6.40. The highest BCUT2D eigenvalue weighted by atomic mass is 16.5. The first-order valence-electron chi connectivity index (χ1n) is 10.5. The maximum atomic E-state index is 12.4. The van der Waals surface area contributed by atoms with Crippen LogP contribution in [0.15, 0.2) is 48.5 Å². The molecule has 30 heavy (non-hydrogen) atoms. The molecule has 1 heterocycles. The molecule has 0 unspecified atom stereocenters. The van der Waals surface area contributed by atoms with Crippen LogP contribution >= 0.6 is 0 Å². The number of carbonyl (C=O) groups is 2. The van der Waals surface area contributed by atoms with Crippen molar-refractivity contribution in [3.63, 3.8) is 0 Å². The van der Waals surface area contributed by atoms with Gasteiger partial charge in [0.2, 0.25) is 5.91 Å². The van der Waals surface area contributed by atoms with Gasteiger partial charge >= 0.3 is 0 Å². The monoisotopic (exact) mass is 409 g/mol. The van der Waals surface area contributed by atoms with Crippen molar-refractivity contribution in [1.82, 2.24) is 15.1 Å². The summed E-state index contributed by atoms with van der Waals surface area (Å²) in [6.07, 6.45) is 0.204. The quantitative estimate of drug-likeness (QED) is 0.645. The summed E-state index contributed by atoms with van der Waals surface area (Å²) < 4.78 is 5.33. The Hall–Kier alpha value is -2.70. The number of ketones is 1. The Kier molecular flexibility index (Phi) is 7.99. The Labute approximate surface area is 178 Å². The molecule has 0 radical (unpaired) electrons. The van der Waals surface area contributed by atoms with E-state index in [1.165, 1.54) is 12.5 Å². The molecule has 1 aliphatic heterocycles. The van der Waals surface area contributed by atoms with Gasteiger partial charge in [0.25, 0.3) is 0 Å². The maximum absolute atomic E-state index is 12.4. The topological polar surface area (TPSA) is 61.9 Å². The van der Waals surface area contributed by atoms with Crippen LogP contribution in [0.4, 0.5) is 0 Å². The molecule has 160 valence electrons. The number of hydrogen-bond donors (Lipinski definition) is 1. The number of carbonyl (C=O) groups excluding carboxylic acids is 2. The smallest absolute Gasteiger partial charge is 0.224 e. The summed E-state index contributed by atoms with van der Waals surface area (Å²) in [6, 6.07) is 15.8. The molecule has 1 aliphatic rings.